The first-order chi connectivity index (χ1) is 8.49. The van der Waals surface area contributed by atoms with Crippen molar-refractivity contribution in [3.8, 4) is 0 Å². The van der Waals surface area contributed by atoms with Gasteiger partial charge in [0.05, 0.1) is 16.9 Å². The number of aliphatic hydroxyl groups is 1. The Morgan fingerprint density at radius 2 is 1.94 bits per heavy atom. The van der Waals surface area contributed by atoms with Crippen molar-refractivity contribution >= 4 is 17.5 Å². The van der Waals surface area contributed by atoms with Crippen molar-refractivity contribution in [2.75, 3.05) is 0 Å². The van der Waals surface area contributed by atoms with Crippen LogP contribution >= 0.6 is 0 Å². The van der Waals surface area contributed by atoms with E-state index in [0.717, 1.165) is 0 Å². The Hall–Kier alpha value is -2.28. The van der Waals surface area contributed by atoms with Crippen LogP contribution in [0.1, 0.15) is 18.1 Å². The van der Waals surface area contributed by atoms with Crippen molar-refractivity contribution in [1.29, 1.82) is 0 Å². The first-order valence-electron chi connectivity index (χ1n) is 5.25. The van der Waals surface area contributed by atoms with Crippen LogP contribution in [0.25, 0.3) is 0 Å². The summed E-state index contributed by atoms with van der Waals surface area (Å²) < 4.78 is 0. The lowest BCUT2D eigenvalue weighted by atomic mass is 9.94. The number of non-ortho nitro benzene ring substituents is 1. The molecule has 0 aliphatic carbocycles. The predicted octanol–water partition coefficient (Wildman–Crippen LogP) is 0.291. The third-order valence-corrected chi connectivity index (χ3v) is 2.83. The Morgan fingerprint density at radius 1 is 1.33 bits per heavy atom. The summed E-state index contributed by atoms with van der Waals surface area (Å²) >= 11 is 0. The van der Waals surface area contributed by atoms with Gasteiger partial charge in [-0.15, -0.1) is 0 Å². The summed E-state index contributed by atoms with van der Waals surface area (Å²) in [4.78, 5) is 32.3. The molecule has 94 valence electrons. The summed E-state index contributed by atoms with van der Waals surface area (Å²) in [5.74, 6) is -1.78. The molecule has 1 fully saturated rings. The normalized spacial score (nSPS) is 20.6. The molecular weight excluding hydrogens is 240 g/mol. The van der Waals surface area contributed by atoms with E-state index in [-0.39, 0.29) is 12.1 Å². The third-order valence-electron chi connectivity index (χ3n) is 2.83. The average Bonchev–Trinajstić information content (AvgIpc) is 2.67. The molecule has 1 aromatic rings. The highest BCUT2D eigenvalue weighted by Gasteiger charge is 2.36. The molecule has 7 nitrogen and oxygen atoms in total. The molecule has 2 atom stereocenters. The lowest BCUT2D eigenvalue weighted by molar-refractivity contribution is -0.384. The van der Waals surface area contributed by atoms with E-state index in [9.17, 15) is 24.8 Å². The van der Waals surface area contributed by atoms with Gasteiger partial charge in [-0.1, -0.05) is 0 Å². The molecule has 2 N–H and O–H groups in total. The van der Waals surface area contributed by atoms with E-state index in [1.807, 2.05) is 0 Å². The largest absolute Gasteiger partial charge is 0.388 e. The highest BCUT2D eigenvalue weighted by molar-refractivity contribution is 6.03. The number of nitro benzene ring substituents is 1. The number of hydrogen-bond donors (Lipinski definition) is 2. The Bertz CT molecular complexity index is 511. The summed E-state index contributed by atoms with van der Waals surface area (Å²) in [6.45, 7) is 0. The first kappa shape index (κ1) is 12.2. The molecule has 0 unspecified atom stereocenters. The van der Waals surface area contributed by atoms with E-state index >= 15 is 0 Å². The number of imide groups is 1. The molecule has 0 bridgehead atoms. The van der Waals surface area contributed by atoms with Crippen molar-refractivity contribution in [2.45, 2.75) is 12.5 Å². The van der Waals surface area contributed by atoms with E-state index in [2.05, 4.69) is 5.32 Å². The number of carbonyl (C=O) groups is 2. The SMILES string of the molecule is O=C1C[C@H]([C@@H](O)c2ccc([N+](=O)[O-])cc2)C(=O)N1. The zero-order valence-corrected chi connectivity index (χ0v) is 9.20. The molecule has 1 aliphatic rings. The summed E-state index contributed by atoms with van der Waals surface area (Å²) in [7, 11) is 0. The monoisotopic (exact) mass is 250 g/mol. The smallest absolute Gasteiger partial charge is 0.269 e. The molecule has 7 heteroatoms. The molecule has 1 saturated heterocycles. The maximum atomic E-state index is 11.4. The number of hydrogen-bond acceptors (Lipinski definition) is 5. The molecule has 1 aliphatic heterocycles. The van der Waals surface area contributed by atoms with Crippen molar-refractivity contribution in [1.82, 2.24) is 5.32 Å². The molecule has 2 amide bonds. The fourth-order valence-electron chi connectivity index (χ4n) is 1.85. The molecule has 0 radical (unpaired) electrons. The van der Waals surface area contributed by atoms with Crippen LogP contribution in [0.4, 0.5) is 5.69 Å². The highest BCUT2D eigenvalue weighted by Crippen LogP contribution is 2.28. The number of benzene rings is 1. The van der Waals surface area contributed by atoms with Crippen LogP contribution in [-0.4, -0.2) is 21.8 Å². The van der Waals surface area contributed by atoms with E-state index in [1.165, 1.54) is 24.3 Å². The molecule has 1 heterocycles. The van der Waals surface area contributed by atoms with Gasteiger partial charge < -0.3 is 5.11 Å². The minimum Gasteiger partial charge on any atom is -0.388 e. The molecule has 1 aromatic carbocycles. The number of aliphatic hydroxyl groups excluding tert-OH is 1. The van der Waals surface area contributed by atoms with E-state index < -0.39 is 28.8 Å². The van der Waals surface area contributed by atoms with Crippen molar-refractivity contribution in [2.24, 2.45) is 5.92 Å². The maximum absolute atomic E-state index is 11.4. The number of rotatable bonds is 3. The summed E-state index contributed by atoms with van der Waals surface area (Å²) in [5.41, 5.74) is 0.272. The number of carbonyl (C=O) groups excluding carboxylic acids is 2. The second-order valence-corrected chi connectivity index (χ2v) is 4.02. The predicted molar refractivity (Wildman–Crippen MR) is 59.3 cm³/mol. The van der Waals surface area contributed by atoms with Gasteiger partial charge in [-0.2, -0.15) is 0 Å². The number of nitrogens with one attached hydrogen (secondary N) is 1. The Balaban J connectivity index is 2.18. The van der Waals surface area contributed by atoms with Crippen molar-refractivity contribution < 1.29 is 19.6 Å². The molecule has 0 aromatic heterocycles. The number of amides is 2. The summed E-state index contributed by atoms with van der Waals surface area (Å²) in [6, 6.07) is 5.23. The van der Waals surface area contributed by atoms with Gasteiger partial charge in [0, 0.05) is 18.6 Å². The van der Waals surface area contributed by atoms with E-state index in [1.54, 1.807) is 0 Å². The summed E-state index contributed by atoms with van der Waals surface area (Å²) in [5, 5.41) is 22.5. The number of nitro groups is 1. The van der Waals surface area contributed by atoms with E-state index in [4.69, 9.17) is 0 Å². The van der Waals surface area contributed by atoms with Crippen LogP contribution in [0, 0.1) is 16.0 Å². The van der Waals surface area contributed by atoms with Crippen LogP contribution in [0.5, 0.6) is 0 Å². The average molecular weight is 250 g/mol. The van der Waals surface area contributed by atoms with E-state index in [0.29, 0.717) is 5.56 Å². The second-order valence-electron chi connectivity index (χ2n) is 4.02. The van der Waals surface area contributed by atoms with Gasteiger partial charge in [0.25, 0.3) is 5.69 Å². The molecule has 2 rings (SSSR count). The molecular formula is C11H10N2O5. The van der Waals surface area contributed by atoms with Gasteiger partial charge in [-0.25, -0.2) is 0 Å². The van der Waals surface area contributed by atoms with Crippen LogP contribution in [0.2, 0.25) is 0 Å². The minimum absolute atomic E-state index is 0.0724. The van der Waals surface area contributed by atoms with Crippen LogP contribution in [-0.2, 0) is 9.59 Å². The van der Waals surface area contributed by atoms with Crippen LogP contribution in [0.3, 0.4) is 0 Å². The van der Waals surface area contributed by atoms with Crippen LogP contribution in [0.15, 0.2) is 24.3 Å². The highest BCUT2D eigenvalue weighted by atomic mass is 16.6. The lowest BCUT2D eigenvalue weighted by Crippen LogP contribution is -2.25. The topological polar surface area (TPSA) is 110 Å². The van der Waals surface area contributed by atoms with Crippen LogP contribution < -0.4 is 5.32 Å². The lowest BCUT2D eigenvalue weighted by Gasteiger charge is -2.14. The van der Waals surface area contributed by atoms with Gasteiger partial charge >= 0.3 is 0 Å². The zero-order chi connectivity index (χ0) is 13.3. The van der Waals surface area contributed by atoms with Crippen molar-refractivity contribution in [3.05, 3.63) is 39.9 Å². The maximum Gasteiger partial charge on any atom is 0.269 e. The number of nitrogens with zero attached hydrogens (tertiary/aromatic N) is 1. The zero-order valence-electron chi connectivity index (χ0n) is 9.20. The fourth-order valence-corrected chi connectivity index (χ4v) is 1.85. The first-order valence-corrected chi connectivity index (χ1v) is 5.25. The quantitative estimate of drug-likeness (QED) is 0.455. The standard InChI is InChI=1S/C11H10N2O5/c14-9-5-8(11(16)12-9)10(15)6-1-3-7(4-2-6)13(17)18/h1-4,8,10,15H,5H2,(H,12,14,16)/t8-,10+/m1/s1. The Morgan fingerprint density at radius 3 is 2.39 bits per heavy atom. The van der Waals surface area contributed by atoms with Gasteiger partial charge in [-0.3, -0.25) is 25.0 Å². The Kier molecular flexibility index (Phi) is 3.07. The van der Waals surface area contributed by atoms with Gasteiger partial charge in [0.1, 0.15) is 0 Å². The minimum atomic E-state index is -1.14. The van der Waals surface area contributed by atoms with Gasteiger partial charge in [0.15, 0.2) is 0 Å². The summed E-state index contributed by atoms with van der Waals surface area (Å²) in [6.07, 6.45) is -1.21. The molecule has 0 saturated carbocycles. The molecule has 18 heavy (non-hydrogen) atoms. The fraction of sp³-hybridized carbons (Fsp3) is 0.273. The van der Waals surface area contributed by atoms with Gasteiger partial charge in [-0.05, 0) is 17.7 Å². The second kappa shape index (κ2) is 4.53. The van der Waals surface area contributed by atoms with Crippen molar-refractivity contribution in [3.63, 3.8) is 0 Å². The Labute approximate surface area is 102 Å². The molecule has 0 spiro atoms. The third kappa shape index (κ3) is 2.21. The van der Waals surface area contributed by atoms with Gasteiger partial charge in [0.2, 0.25) is 11.8 Å².